The largest absolute Gasteiger partial charge is 0.493 e. The van der Waals surface area contributed by atoms with Gasteiger partial charge in [0, 0.05) is 25.7 Å². The van der Waals surface area contributed by atoms with Crippen LogP contribution in [0.15, 0.2) is 35.2 Å². The number of methoxy groups -OCH3 is 2. The van der Waals surface area contributed by atoms with E-state index >= 15 is 0 Å². The van der Waals surface area contributed by atoms with E-state index in [-0.39, 0.29) is 34.3 Å². The number of ether oxygens (including phenoxy) is 4. The Bertz CT molecular complexity index is 1020. The fraction of sp³-hybridized carbons (Fsp3) is 0.316. The van der Waals surface area contributed by atoms with E-state index in [9.17, 15) is 18.3 Å². The van der Waals surface area contributed by atoms with Crippen molar-refractivity contribution >= 4 is 21.7 Å². The Kier molecular flexibility index (Phi) is 6.14. The summed E-state index contributed by atoms with van der Waals surface area (Å²) in [6.45, 7) is 0.967. The first-order valence-electron chi connectivity index (χ1n) is 8.71. The Morgan fingerprint density at radius 2 is 1.97 bits per heavy atom. The average molecular weight is 423 g/mol. The van der Waals surface area contributed by atoms with E-state index in [0.717, 1.165) is 5.56 Å². The molecule has 2 N–H and O–H groups in total. The summed E-state index contributed by atoms with van der Waals surface area (Å²) in [4.78, 5) is 11.7. The van der Waals surface area contributed by atoms with E-state index in [1.807, 2.05) is 0 Å². The second kappa shape index (κ2) is 8.58. The minimum atomic E-state index is -4.04. The van der Waals surface area contributed by atoms with E-state index in [1.165, 1.54) is 38.5 Å². The highest BCUT2D eigenvalue weighted by Crippen LogP contribution is 2.35. The van der Waals surface area contributed by atoms with Crippen LogP contribution in [-0.4, -0.2) is 53.5 Å². The van der Waals surface area contributed by atoms with E-state index < -0.39 is 16.0 Å². The Balaban J connectivity index is 1.97. The first-order chi connectivity index (χ1) is 13.9. The Hall–Kier alpha value is -2.98. The fourth-order valence-electron chi connectivity index (χ4n) is 2.86. The molecule has 0 aliphatic carbocycles. The van der Waals surface area contributed by atoms with Gasteiger partial charge in [0.15, 0.2) is 11.5 Å². The van der Waals surface area contributed by atoms with Crippen molar-refractivity contribution in [3.8, 4) is 17.2 Å². The Morgan fingerprint density at radius 1 is 1.17 bits per heavy atom. The van der Waals surface area contributed by atoms with Crippen LogP contribution in [0.5, 0.6) is 17.2 Å². The van der Waals surface area contributed by atoms with Crippen molar-refractivity contribution in [1.29, 1.82) is 0 Å². The summed E-state index contributed by atoms with van der Waals surface area (Å²) in [5.41, 5.74) is 0.376. The molecule has 0 amide bonds. The molecule has 9 nitrogen and oxygen atoms in total. The number of rotatable bonds is 9. The number of hydrogen-bond acceptors (Lipinski definition) is 7. The summed E-state index contributed by atoms with van der Waals surface area (Å²) in [5, 5.41) is 9.52. The number of hydrogen-bond donors (Lipinski definition) is 2. The summed E-state index contributed by atoms with van der Waals surface area (Å²) in [6.07, 6.45) is 0.610. The normalized spacial score (nSPS) is 12.8. The topological polar surface area (TPSA) is 120 Å². The maximum atomic E-state index is 12.9. The number of aromatic carboxylic acids is 1. The SMILES string of the molecule is COCCOc1cc(NS(=O)(=O)c2ccc3c(c2)CCO3)c(C(=O)O)cc1OC. The van der Waals surface area contributed by atoms with E-state index in [1.54, 1.807) is 6.07 Å². The third-order valence-electron chi connectivity index (χ3n) is 4.29. The van der Waals surface area contributed by atoms with E-state index in [2.05, 4.69) is 4.72 Å². The minimum Gasteiger partial charge on any atom is -0.493 e. The molecule has 156 valence electrons. The molecule has 0 unspecified atom stereocenters. The quantitative estimate of drug-likeness (QED) is 0.589. The number of benzene rings is 2. The second-order valence-electron chi connectivity index (χ2n) is 6.17. The van der Waals surface area contributed by atoms with Gasteiger partial charge >= 0.3 is 5.97 Å². The lowest BCUT2D eigenvalue weighted by Gasteiger charge is -2.16. The minimum absolute atomic E-state index is 0.00996. The summed E-state index contributed by atoms with van der Waals surface area (Å²) in [7, 11) is -1.17. The predicted octanol–water partition coefficient (Wildman–Crippen LogP) is 2.15. The molecule has 0 fully saturated rings. The van der Waals surface area contributed by atoms with Gasteiger partial charge in [0.2, 0.25) is 0 Å². The van der Waals surface area contributed by atoms with Gasteiger partial charge in [0.05, 0.1) is 36.5 Å². The number of carboxylic acid groups (broad SMARTS) is 1. The van der Waals surface area contributed by atoms with Gasteiger partial charge in [0.1, 0.15) is 12.4 Å². The molecule has 3 rings (SSSR count). The monoisotopic (exact) mass is 423 g/mol. The highest BCUT2D eigenvalue weighted by molar-refractivity contribution is 7.92. The van der Waals surface area contributed by atoms with Crippen LogP contribution in [-0.2, 0) is 21.2 Å². The van der Waals surface area contributed by atoms with Crippen LogP contribution < -0.4 is 18.9 Å². The maximum absolute atomic E-state index is 12.9. The number of nitrogens with one attached hydrogen (secondary N) is 1. The molecule has 0 aromatic heterocycles. The molecule has 10 heteroatoms. The molecule has 0 atom stereocenters. The van der Waals surface area contributed by atoms with Crippen molar-refractivity contribution in [1.82, 2.24) is 0 Å². The third-order valence-corrected chi connectivity index (χ3v) is 5.66. The van der Waals surface area contributed by atoms with Gasteiger partial charge in [-0.1, -0.05) is 0 Å². The first-order valence-corrected chi connectivity index (χ1v) is 10.2. The van der Waals surface area contributed by atoms with Crippen molar-refractivity contribution in [2.24, 2.45) is 0 Å². The fourth-order valence-corrected chi connectivity index (χ4v) is 3.98. The van der Waals surface area contributed by atoms with Crippen molar-refractivity contribution in [3.05, 3.63) is 41.5 Å². The third kappa shape index (κ3) is 4.54. The molecule has 2 aromatic carbocycles. The second-order valence-corrected chi connectivity index (χ2v) is 7.85. The molecular weight excluding hydrogens is 402 g/mol. The smallest absolute Gasteiger partial charge is 0.337 e. The molecule has 0 radical (unpaired) electrons. The lowest BCUT2D eigenvalue weighted by Crippen LogP contribution is -2.16. The molecule has 1 aliphatic heterocycles. The van der Waals surface area contributed by atoms with Gasteiger partial charge in [-0.25, -0.2) is 13.2 Å². The predicted molar refractivity (Wildman–Crippen MR) is 104 cm³/mol. The van der Waals surface area contributed by atoms with E-state index in [4.69, 9.17) is 18.9 Å². The molecule has 0 spiro atoms. The van der Waals surface area contributed by atoms with Crippen LogP contribution in [0, 0.1) is 0 Å². The summed E-state index contributed by atoms with van der Waals surface area (Å²) in [6, 6.07) is 7.00. The highest BCUT2D eigenvalue weighted by atomic mass is 32.2. The molecule has 0 saturated carbocycles. The van der Waals surface area contributed by atoms with Crippen LogP contribution in [0.1, 0.15) is 15.9 Å². The summed E-state index contributed by atoms with van der Waals surface area (Å²) >= 11 is 0. The van der Waals surface area contributed by atoms with Gasteiger partial charge in [0.25, 0.3) is 10.0 Å². The van der Waals surface area contributed by atoms with Crippen molar-refractivity contribution in [3.63, 3.8) is 0 Å². The van der Waals surface area contributed by atoms with Gasteiger partial charge in [-0.05, 0) is 23.8 Å². The van der Waals surface area contributed by atoms with Crippen molar-refractivity contribution < 1.29 is 37.3 Å². The lowest BCUT2D eigenvalue weighted by molar-refractivity contribution is 0.0697. The van der Waals surface area contributed by atoms with Crippen LogP contribution >= 0.6 is 0 Å². The van der Waals surface area contributed by atoms with Gasteiger partial charge < -0.3 is 24.1 Å². The van der Waals surface area contributed by atoms with Crippen LogP contribution in [0.3, 0.4) is 0 Å². The molecule has 0 saturated heterocycles. The first kappa shape index (κ1) is 20.7. The maximum Gasteiger partial charge on any atom is 0.337 e. The number of sulfonamides is 1. The zero-order chi connectivity index (χ0) is 21.0. The van der Waals surface area contributed by atoms with Crippen LogP contribution in [0.2, 0.25) is 0 Å². The summed E-state index contributed by atoms with van der Waals surface area (Å²) in [5.74, 6) is -0.314. The van der Waals surface area contributed by atoms with Crippen molar-refractivity contribution in [2.45, 2.75) is 11.3 Å². The van der Waals surface area contributed by atoms with Gasteiger partial charge in [-0.2, -0.15) is 0 Å². The number of carboxylic acids is 1. The molecule has 29 heavy (non-hydrogen) atoms. The standard InChI is InChI=1S/C19H21NO8S/c1-25-7-8-28-18-11-15(14(19(21)22)10-17(18)26-2)20-29(23,24)13-3-4-16-12(9-13)5-6-27-16/h3-4,9-11,20H,5-8H2,1-2H3,(H,21,22). The Morgan fingerprint density at radius 3 is 2.66 bits per heavy atom. The average Bonchev–Trinajstić information content (AvgIpc) is 3.15. The van der Waals surface area contributed by atoms with Crippen molar-refractivity contribution in [2.75, 3.05) is 38.8 Å². The number of fused-ring (bicyclic) bond motifs is 1. The highest BCUT2D eigenvalue weighted by Gasteiger charge is 2.23. The van der Waals surface area contributed by atoms with Crippen LogP contribution in [0.4, 0.5) is 5.69 Å². The van der Waals surface area contributed by atoms with E-state index in [0.29, 0.717) is 25.4 Å². The Labute approximate surface area is 168 Å². The lowest BCUT2D eigenvalue weighted by atomic mass is 10.1. The zero-order valence-corrected chi connectivity index (χ0v) is 16.7. The molecule has 1 heterocycles. The molecule has 2 aromatic rings. The summed E-state index contributed by atoms with van der Waals surface area (Å²) < 4.78 is 49.1. The number of carbonyl (C=O) groups is 1. The zero-order valence-electron chi connectivity index (χ0n) is 15.9. The van der Waals surface area contributed by atoms with Crippen LogP contribution in [0.25, 0.3) is 0 Å². The molecule has 1 aliphatic rings. The van der Waals surface area contributed by atoms with Gasteiger partial charge in [-0.15, -0.1) is 0 Å². The number of anilines is 1. The van der Waals surface area contributed by atoms with Gasteiger partial charge in [-0.3, -0.25) is 4.72 Å². The molecule has 0 bridgehead atoms. The molecular formula is C19H21NO8S.